The molecular weight excluding hydrogens is 973 g/mol. The highest BCUT2D eigenvalue weighted by Crippen LogP contribution is 2.46. The predicted molar refractivity (Wildman–Crippen MR) is 286 cm³/mol. The van der Waals surface area contributed by atoms with Gasteiger partial charge in [0.05, 0.1) is 30.8 Å². The highest BCUT2D eigenvalue weighted by Gasteiger charge is 2.44. The van der Waals surface area contributed by atoms with E-state index in [-0.39, 0.29) is 61.5 Å². The Morgan fingerprint density at radius 2 is 1.21 bits per heavy atom. The standard InChI is InChI=1S/C30H39F3N4.C29H35F5N4/c1-6-7-12-36-16-21(17-36)35(5)20-14-24(31)27(25(32)15-20)29-28-23(22-10-8-9-11-26(22)34-28)13-19(2)37(29)18-30(3,4)33;1-4-29(3,34)16-38-17(2)11-20-25-21(31)7-5-8-24(25)36-27(20)28(38)26-22(32)12-18(13-23(26)33)35-19-14-37(15-19)10-6-9-30/h8-11,14-15,19,21,29,34H,6-7,12-13,16-18H2,1-5H3;5,7-8,12-13,17,19,28,35-36H,4,6,9-11,14-16H2,1-3H3/t19-,29-;17-,28-,29+/m10/s1. The summed E-state index contributed by atoms with van der Waals surface area (Å²) in [6.45, 7) is 16.9. The molecule has 4 aliphatic heterocycles. The minimum atomic E-state index is -1.58. The molecule has 6 aromatic rings. The summed E-state index contributed by atoms with van der Waals surface area (Å²) in [6, 6.07) is 16.3. The number of rotatable bonds is 17. The number of unbranched alkanes of at least 4 members (excludes halogenated alkanes) is 1. The Balaban J connectivity index is 0.000000184. The number of halogens is 8. The molecule has 8 nitrogen and oxygen atoms in total. The lowest BCUT2D eigenvalue weighted by molar-refractivity contribution is 0.0515. The number of anilines is 2. The molecule has 0 saturated carbocycles. The summed E-state index contributed by atoms with van der Waals surface area (Å²) in [4.78, 5) is 16.8. The van der Waals surface area contributed by atoms with Gasteiger partial charge in [0, 0.05) is 121 Å². The fourth-order valence-electron chi connectivity index (χ4n) is 12.0. The van der Waals surface area contributed by atoms with Gasteiger partial charge >= 0.3 is 0 Å². The quantitative estimate of drug-likeness (QED) is 0.0792. The number of alkyl halides is 3. The van der Waals surface area contributed by atoms with Gasteiger partial charge in [0.1, 0.15) is 40.4 Å². The molecule has 6 heterocycles. The molecule has 0 unspecified atom stereocenters. The van der Waals surface area contributed by atoms with Gasteiger partial charge in [-0.05, 0) is 127 Å². The normalized spacial score (nSPS) is 21.8. The van der Waals surface area contributed by atoms with Gasteiger partial charge in [-0.15, -0.1) is 0 Å². The molecule has 2 fully saturated rings. The maximum Gasteiger partial charge on any atom is 0.133 e. The fourth-order valence-corrected chi connectivity index (χ4v) is 12.0. The van der Waals surface area contributed by atoms with Crippen molar-refractivity contribution in [1.82, 2.24) is 29.6 Å². The number of likely N-dealkylation sites (tertiary alicyclic amines) is 2. The Morgan fingerprint density at radius 1 is 0.667 bits per heavy atom. The Labute approximate surface area is 436 Å². The molecule has 10 rings (SSSR count). The Hall–Kier alpha value is -5.16. The number of hydrogen-bond acceptors (Lipinski definition) is 6. The lowest BCUT2D eigenvalue weighted by Gasteiger charge is -2.45. The third kappa shape index (κ3) is 11.3. The summed E-state index contributed by atoms with van der Waals surface area (Å²) in [6.07, 6.45) is 4.15. The maximum atomic E-state index is 16.0. The van der Waals surface area contributed by atoms with E-state index in [9.17, 15) is 13.2 Å². The first-order valence-electron chi connectivity index (χ1n) is 26.9. The molecule has 16 heteroatoms. The van der Waals surface area contributed by atoms with E-state index in [0.29, 0.717) is 72.4 Å². The minimum absolute atomic E-state index is 0.0149. The van der Waals surface area contributed by atoms with Crippen molar-refractivity contribution in [3.05, 3.63) is 129 Å². The molecular formula is C59H74F8N8. The molecule has 5 atom stereocenters. The van der Waals surface area contributed by atoms with Crippen LogP contribution in [0.25, 0.3) is 21.8 Å². The van der Waals surface area contributed by atoms with Gasteiger partial charge < -0.3 is 20.2 Å². The van der Waals surface area contributed by atoms with Gasteiger partial charge in [-0.25, -0.2) is 30.7 Å². The second-order valence-electron chi connectivity index (χ2n) is 22.7. The number of para-hydroxylation sites is 1. The summed E-state index contributed by atoms with van der Waals surface area (Å²) in [5, 5.41) is 4.64. The van der Waals surface area contributed by atoms with Crippen LogP contribution in [-0.2, 0) is 12.8 Å². The summed E-state index contributed by atoms with van der Waals surface area (Å²) in [5.41, 5.74) is 2.04. The number of fused-ring (bicyclic) bond motifs is 6. The van der Waals surface area contributed by atoms with Gasteiger partial charge in [0.2, 0.25) is 0 Å². The van der Waals surface area contributed by atoms with Crippen LogP contribution in [0.5, 0.6) is 0 Å². The van der Waals surface area contributed by atoms with Gasteiger partial charge in [-0.2, -0.15) is 0 Å². The number of hydrogen-bond donors (Lipinski definition) is 3. The van der Waals surface area contributed by atoms with Crippen LogP contribution < -0.4 is 10.2 Å². The molecule has 406 valence electrons. The van der Waals surface area contributed by atoms with Crippen LogP contribution in [0.4, 0.5) is 46.5 Å². The molecule has 75 heavy (non-hydrogen) atoms. The van der Waals surface area contributed by atoms with E-state index in [1.807, 2.05) is 55.0 Å². The third-order valence-electron chi connectivity index (χ3n) is 16.3. The second-order valence-corrected chi connectivity index (χ2v) is 22.7. The highest BCUT2D eigenvalue weighted by molar-refractivity contribution is 5.87. The van der Waals surface area contributed by atoms with E-state index in [2.05, 4.69) is 32.0 Å². The Morgan fingerprint density at radius 3 is 1.83 bits per heavy atom. The summed E-state index contributed by atoms with van der Waals surface area (Å²) in [5.74, 6) is -3.06. The number of likely N-dealkylation sites (N-methyl/N-ethyl adjacent to an activating group) is 1. The maximum absolute atomic E-state index is 16.0. The Bertz CT molecular complexity index is 2910. The minimum Gasteiger partial charge on any atom is -0.380 e. The van der Waals surface area contributed by atoms with Crippen molar-refractivity contribution in [2.24, 2.45) is 0 Å². The molecule has 0 radical (unpaired) electrons. The average molecular weight is 1050 g/mol. The monoisotopic (exact) mass is 1050 g/mol. The molecule has 4 aromatic carbocycles. The van der Waals surface area contributed by atoms with E-state index in [1.54, 1.807) is 24.0 Å². The van der Waals surface area contributed by atoms with Gasteiger partial charge in [-0.3, -0.25) is 24.0 Å². The molecule has 2 saturated heterocycles. The van der Waals surface area contributed by atoms with Crippen LogP contribution >= 0.6 is 0 Å². The number of aromatic amines is 2. The number of aromatic nitrogens is 2. The van der Waals surface area contributed by atoms with Crippen LogP contribution in [-0.4, -0.2) is 131 Å². The van der Waals surface area contributed by atoms with Crippen LogP contribution in [0.2, 0.25) is 0 Å². The lowest BCUT2D eigenvalue weighted by atomic mass is 9.86. The molecule has 4 aliphatic rings. The largest absolute Gasteiger partial charge is 0.380 e. The number of H-pyrrole nitrogens is 2. The van der Waals surface area contributed by atoms with Gasteiger partial charge in [-0.1, -0.05) is 44.5 Å². The number of nitrogens with zero attached hydrogens (tertiary/aromatic N) is 5. The van der Waals surface area contributed by atoms with E-state index in [1.165, 1.54) is 51.1 Å². The SMILES string of the molecule is CCCCN1CC(N(C)c2cc(F)c([C@@H]3c4[nH]c5ccccc5c4C[C@@H](C)N3CC(C)(C)F)c(F)c2)C1.CC[C@@](C)(F)CN1[C@@H](c2c(F)cc(NC3CN(CCCF)C3)cc2F)c2[nH]c3cccc(F)c3c2C[C@@H]1C. The lowest BCUT2D eigenvalue weighted by Crippen LogP contribution is -2.58. The summed E-state index contributed by atoms with van der Waals surface area (Å²) >= 11 is 0. The van der Waals surface area contributed by atoms with Gasteiger partial charge in [0.25, 0.3) is 0 Å². The average Bonchev–Trinajstić information content (AvgIpc) is 3.88. The second kappa shape index (κ2) is 22.1. The van der Waals surface area contributed by atoms with Crippen LogP contribution in [0, 0.1) is 29.1 Å². The first-order chi connectivity index (χ1) is 35.7. The first kappa shape index (κ1) is 54.6. The van der Waals surface area contributed by atoms with Crippen molar-refractivity contribution in [2.45, 2.75) is 135 Å². The van der Waals surface area contributed by atoms with Crippen molar-refractivity contribution in [1.29, 1.82) is 0 Å². The first-order valence-corrected chi connectivity index (χ1v) is 26.9. The molecule has 0 spiro atoms. The van der Waals surface area contributed by atoms with Crippen molar-refractivity contribution >= 4 is 33.2 Å². The number of benzene rings is 4. The van der Waals surface area contributed by atoms with Crippen LogP contribution in [0.1, 0.15) is 120 Å². The fraction of sp³-hybridized carbons (Fsp3) is 0.525. The van der Waals surface area contributed by atoms with E-state index < -0.39 is 52.5 Å². The summed E-state index contributed by atoms with van der Waals surface area (Å²) < 4.78 is 121. The highest BCUT2D eigenvalue weighted by atomic mass is 19.2. The van der Waals surface area contributed by atoms with E-state index in [0.717, 1.165) is 54.6 Å². The molecule has 3 N–H and O–H groups in total. The van der Waals surface area contributed by atoms with Crippen molar-refractivity contribution in [3.63, 3.8) is 0 Å². The van der Waals surface area contributed by atoms with Crippen LogP contribution in [0.3, 0.4) is 0 Å². The smallest absolute Gasteiger partial charge is 0.133 e. The molecule has 0 bridgehead atoms. The molecule has 2 aromatic heterocycles. The van der Waals surface area contributed by atoms with Crippen molar-refractivity contribution in [2.75, 3.05) is 76.3 Å². The topological polar surface area (TPSA) is 59.8 Å². The predicted octanol–water partition coefficient (Wildman–Crippen LogP) is 13.0. The van der Waals surface area contributed by atoms with E-state index >= 15 is 22.0 Å². The van der Waals surface area contributed by atoms with Gasteiger partial charge in [0.15, 0.2) is 0 Å². The molecule has 0 amide bonds. The number of nitrogens with one attached hydrogen (secondary N) is 3. The third-order valence-corrected chi connectivity index (χ3v) is 16.3. The zero-order chi connectivity index (χ0) is 53.7. The van der Waals surface area contributed by atoms with Crippen molar-refractivity contribution < 1.29 is 35.1 Å². The zero-order valence-electron chi connectivity index (χ0n) is 44.7. The summed E-state index contributed by atoms with van der Waals surface area (Å²) in [7, 11) is 1.91. The van der Waals surface area contributed by atoms with E-state index in [4.69, 9.17) is 0 Å². The Kier molecular flexibility index (Phi) is 16.1. The van der Waals surface area contributed by atoms with Crippen LogP contribution in [0.15, 0.2) is 66.7 Å². The molecule has 0 aliphatic carbocycles. The zero-order valence-corrected chi connectivity index (χ0v) is 44.7. The van der Waals surface area contributed by atoms with Crippen molar-refractivity contribution in [3.8, 4) is 0 Å².